The van der Waals surface area contributed by atoms with E-state index in [9.17, 15) is 0 Å². The molecule has 1 aliphatic rings. The lowest BCUT2D eigenvalue weighted by Gasteiger charge is -2.20. The SMILES string of the molecule is NOCc1cc(Br)c2c(c1)OCCO2. The molecule has 5 heteroatoms. The topological polar surface area (TPSA) is 53.7 Å². The molecule has 1 aliphatic heterocycles. The van der Waals surface area contributed by atoms with Gasteiger partial charge in [-0.1, -0.05) is 0 Å². The summed E-state index contributed by atoms with van der Waals surface area (Å²) in [6, 6.07) is 3.77. The summed E-state index contributed by atoms with van der Waals surface area (Å²) in [5.74, 6) is 6.48. The summed E-state index contributed by atoms with van der Waals surface area (Å²) in [6.45, 7) is 1.51. The molecule has 0 radical (unpaired) electrons. The van der Waals surface area contributed by atoms with Crippen LogP contribution < -0.4 is 15.4 Å². The van der Waals surface area contributed by atoms with Gasteiger partial charge in [0.1, 0.15) is 13.2 Å². The summed E-state index contributed by atoms with van der Waals surface area (Å²) < 4.78 is 11.7. The quantitative estimate of drug-likeness (QED) is 0.821. The Morgan fingerprint density at radius 2 is 2.14 bits per heavy atom. The Morgan fingerprint density at radius 3 is 2.93 bits per heavy atom. The predicted octanol–water partition coefficient (Wildman–Crippen LogP) is 1.61. The Bertz CT molecular complexity index is 343. The van der Waals surface area contributed by atoms with Gasteiger partial charge in [-0.3, -0.25) is 4.84 Å². The first-order valence-corrected chi connectivity index (χ1v) is 5.00. The molecule has 0 spiro atoms. The van der Waals surface area contributed by atoms with Crippen LogP contribution in [0, 0.1) is 0 Å². The van der Waals surface area contributed by atoms with Gasteiger partial charge < -0.3 is 9.47 Å². The molecule has 0 amide bonds. The van der Waals surface area contributed by atoms with Gasteiger partial charge in [-0.2, -0.15) is 0 Å². The highest BCUT2D eigenvalue weighted by Gasteiger charge is 2.15. The van der Waals surface area contributed by atoms with Gasteiger partial charge in [-0.25, -0.2) is 5.90 Å². The van der Waals surface area contributed by atoms with E-state index >= 15 is 0 Å². The first kappa shape index (κ1) is 9.76. The van der Waals surface area contributed by atoms with E-state index in [0.29, 0.717) is 19.8 Å². The summed E-state index contributed by atoms with van der Waals surface area (Å²) in [7, 11) is 0. The fourth-order valence-corrected chi connectivity index (χ4v) is 1.95. The number of rotatable bonds is 2. The number of halogens is 1. The van der Waals surface area contributed by atoms with Crippen molar-refractivity contribution in [2.45, 2.75) is 6.61 Å². The van der Waals surface area contributed by atoms with Crippen molar-refractivity contribution in [3.05, 3.63) is 22.2 Å². The molecule has 0 atom stereocenters. The molecule has 0 fully saturated rings. The fourth-order valence-electron chi connectivity index (χ4n) is 1.34. The van der Waals surface area contributed by atoms with E-state index in [1.165, 1.54) is 0 Å². The van der Waals surface area contributed by atoms with E-state index in [-0.39, 0.29) is 0 Å². The van der Waals surface area contributed by atoms with E-state index in [4.69, 9.17) is 15.4 Å². The average Bonchev–Trinajstić information content (AvgIpc) is 2.18. The molecular formula is C9H10BrNO3. The highest BCUT2D eigenvalue weighted by molar-refractivity contribution is 9.10. The molecule has 0 unspecified atom stereocenters. The van der Waals surface area contributed by atoms with E-state index in [2.05, 4.69) is 20.8 Å². The van der Waals surface area contributed by atoms with Crippen LogP contribution in [0.1, 0.15) is 5.56 Å². The summed E-state index contributed by atoms with van der Waals surface area (Å²) in [5.41, 5.74) is 0.948. The van der Waals surface area contributed by atoms with Crippen molar-refractivity contribution in [3.63, 3.8) is 0 Å². The Hall–Kier alpha value is -0.780. The maximum absolute atomic E-state index is 5.44. The predicted molar refractivity (Wildman–Crippen MR) is 54.1 cm³/mol. The maximum Gasteiger partial charge on any atom is 0.175 e. The van der Waals surface area contributed by atoms with Crippen LogP contribution in [-0.2, 0) is 11.4 Å². The Kier molecular flexibility index (Phi) is 2.90. The van der Waals surface area contributed by atoms with E-state index in [1.54, 1.807) is 0 Å². The second-order valence-electron chi connectivity index (χ2n) is 2.91. The van der Waals surface area contributed by atoms with Crippen LogP contribution in [0.25, 0.3) is 0 Å². The summed E-state index contributed by atoms with van der Waals surface area (Å²) in [5, 5.41) is 0. The van der Waals surface area contributed by atoms with Gasteiger partial charge in [0.05, 0.1) is 11.1 Å². The summed E-state index contributed by atoms with van der Waals surface area (Å²) in [4.78, 5) is 4.56. The van der Waals surface area contributed by atoms with Gasteiger partial charge in [0, 0.05) is 0 Å². The smallest absolute Gasteiger partial charge is 0.175 e. The first-order chi connectivity index (χ1) is 6.81. The lowest BCUT2D eigenvalue weighted by molar-refractivity contribution is 0.123. The van der Waals surface area contributed by atoms with Crippen molar-refractivity contribution in [1.82, 2.24) is 0 Å². The Balaban J connectivity index is 2.36. The number of hydrogen-bond donors (Lipinski definition) is 1. The molecule has 1 heterocycles. The van der Waals surface area contributed by atoms with E-state index in [0.717, 1.165) is 21.5 Å². The van der Waals surface area contributed by atoms with Crippen molar-refractivity contribution >= 4 is 15.9 Å². The zero-order valence-corrected chi connectivity index (χ0v) is 9.04. The van der Waals surface area contributed by atoms with Crippen molar-refractivity contribution < 1.29 is 14.3 Å². The van der Waals surface area contributed by atoms with Gasteiger partial charge in [0.2, 0.25) is 0 Å². The number of fused-ring (bicyclic) bond motifs is 1. The van der Waals surface area contributed by atoms with Crippen LogP contribution in [0.4, 0.5) is 0 Å². The molecule has 2 N–H and O–H groups in total. The molecule has 14 heavy (non-hydrogen) atoms. The van der Waals surface area contributed by atoms with Crippen LogP contribution >= 0.6 is 15.9 Å². The summed E-state index contributed by atoms with van der Waals surface area (Å²) >= 11 is 3.40. The van der Waals surface area contributed by atoms with Gasteiger partial charge >= 0.3 is 0 Å². The van der Waals surface area contributed by atoms with Crippen LogP contribution in [0.3, 0.4) is 0 Å². The van der Waals surface area contributed by atoms with Crippen LogP contribution in [0.2, 0.25) is 0 Å². The number of ether oxygens (including phenoxy) is 2. The van der Waals surface area contributed by atoms with Gasteiger partial charge in [-0.05, 0) is 33.6 Å². The third-order valence-electron chi connectivity index (χ3n) is 1.91. The molecule has 76 valence electrons. The van der Waals surface area contributed by atoms with Gasteiger partial charge in [0.15, 0.2) is 11.5 Å². The second kappa shape index (κ2) is 4.16. The third kappa shape index (κ3) is 1.84. The zero-order valence-electron chi connectivity index (χ0n) is 7.46. The molecule has 0 bridgehead atoms. The molecule has 0 aliphatic carbocycles. The van der Waals surface area contributed by atoms with E-state index in [1.807, 2.05) is 12.1 Å². The van der Waals surface area contributed by atoms with Crippen LogP contribution in [-0.4, -0.2) is 13.2 Å². The molecular weight excluding hydrogens is 250 g/mol. The normalized spacial score (nSPS) is 14.1. The van der Waals surface area contributed by atoms with Crippen molar-refractivity contribution in [2.24, 2.45) is 5.90 Å². The molecule has 0 saturated carbocycles. The minimum Gasteiger partial charge on any atom is -0.486 e. The van der Waals surface area contributed by atoms with Crippen molar-refractivity contribution in [3.8, 4) is 11.5 Å². The zero-order chi connectivity index (χ0) is 9.97. The third-order valence-corrected chi connectivity index (χ3v) is 2.50. The maximum atomic E-state index is 5.44. The minimum atomic E-state index is 0.356. The number of nitrogens with two attached hydrogens (primary N) is 1. The second-order valence-corrected chi connectivity index (χ2v) is 3.77. The molecule has 0 saturated heterocycles. The summed E-state index contributed by atoms with van der Waals surface area (Å²) in [6.07, 6.45) is 0. The lowest BCUT2D eigenvalue weighted by Crippen LogP contribution is -2.16. The Labute approximate surface area is 90.0 Å². The lowest BCUT2D eigenvalue weighted by atomic mass is 10.2. The molecule has 1 aromatic rings. The molecule has 4 nitrogen and oxygen atoms in total. The molecule has 0 aromatic heterocycles. The highest BCUT2D eigenvalue weighted by Crippen LogP contribution is 2.38. The molecule has 1 aromatic carbocycles. The van der Waals surface area contributed by atoms with Crippen molar-refractivity contribution in [2.75, 3.05) is 13.2 Å². The average molecular weight is 260 g/mol. The standard InChI is InChI=1S/C9H10BrNO3/c10-7-3-6(5-14-11)4-8-9(7)13-2-1-12-8/h3-4H,1-2,5,11H2. The van der Waals surface area contributed by atoms with Crippen LogP contribution in [0.5, 0.6) is 11.5 Å². The highest BCUT2D eigenvalue weighted by atomic mass is 79.9. The Morgan fingerprint density at radius 1 is 1.36 bits per heavy atom. The number of benzene rings is 1. The molecule has 2 rings (SSSR count). The number of hydrogen-bond acceptors (Lipinski definition) is 4. The minimum absolute atomic E-state index is 0.356. The van der Waals surface area contributed by atoms with Crippen LogP contribution in [0.15, 0.2) is 16.6 Å². The largest absolute Gasteiger partial charge is 0.486 e. The van der Waals surface area contributed by atoms with Gasteiger partial charge in [-0.15, -0.1) is 0 Å². The van der Waals surface area contributed by atoms with Crippen molar-refractivity contribution in [1.29, 1.82) is 0 Å². The van der Waals surface area contributed by atoms with Gasteiger partial charge in [0.25, 0.3) is 0 Å². The monoisotopic (exact) mass is 259 g/mol. The first-order valence-electron chi connectivity index (χ1n) is 4.21. The van der Waals surface area contributed by atoms with E-state index < -0.39 is 0 Å². The fraction of sp³-hybridized carbons (Fsp3) is 0.333.